The molecule has 0 aliphatic carbocycles. The van der Waals surface area contributed by atoms with Gasteiger partial charge in [-0.2, -0.15) is 5.10 Å². The van der Waals surface area contributed by atoms with Gasteiger partial charge in [-0.05, 0) is 24.1 Å². The van der Waals surface area contributed by atoms with E-state index in [1.807, 2.05) is 17.0 Å². The number of carbonyl (C=O) groups is 1. The van der Waals surface area contributed by atoms with Gasteiger partial charge in [0.2, 0.25) is 0 Å². The van der Waals surface area contributed by atoms with Crippen LogP contribution < -0.4 is 4.90 Å². The van der Waals surface area contributed by atoms with E-state index in [0.717, 1.165) is 5.69 Å². The molecule has 0 unspecified atom stereocenters. The Kier molecular flexibility index (Phi) is 4.32. The lowest BCUT2D eigenvalue weighted by molar-refractivity contribution is 0.0740. The summed E-state index contributed by atoms with van der Waals surface area (Å²) in [5, 5.41) is 7.02. The molecule has 0 radical (unpaired) electrons. The summed E-state index contributed by atoms with van der Waals surface area (Å²) < 4.78 is 13.8. The first-order chi connectivity index (χ1) is 11.1. The molecule has 1 aliphatic heterocycles. The molecule has 23 heavy (non-hydrogen) atoms. The van der Waals surface area contributed by atoms with Crippen molar-refractivity contribution in [2.45, 2.75) is 19.8 Å². The number of rotatable bonds is 3. The summed E-state index contributed by atoms with van der Waals surface area (Å²) in [6, 6.07) is 8.56. The Labute approximate surface area is 135 Å². The number of aromatic nitrogens is 2. The maximum atomic E-state index is 13.8. The van der Waals surface area contributed by atoms with E-state index in [-0.39, 0.29) is 11.7 Å². The van der Waals surface area contributed by atoms with Gasteiger partial charge in [0.05, 0.1) is 5.69 Å². The van der Waals surface area contributed by atoms with Crippen LogP contribution in [0.3, 0.4) is 0 Å². The molecule has 1 aliphatic rings. The standard InChI is InChI=1S/C17H21FN4O/c1-12(2)14-11-15(20-19-14)17(23)22-9-7-21(8-10-22)16-6-4-3-5-13(16)18/h3-6,11-12H,7-10H2,1-2H3,(H,19,20). The van der Waals surface area contributed by atoms with Crippen LogP contribution in [-0.4, -0.2) is 47.2 Å². The first-order valence-corrected chi connectivity index (χ1v) is 7.90. The number of halogens is 1. The lowest BCUT2D eigenvalue weighted by Gasteiger charge is -2.35. The van der Waals surface area contributed by atoms with Crippen molar-refractivity contribution < 1.29 is 9.18 Å². The minimum Gasteiger partial charge on any atom is -0.366 e. The third-order valence-electron chi connectivity index (χ3n) is 4.20. The summed E-state index contributed by atoms with van der Waals surface area (Å²) in [5.74, 6) is 0.0180. The highest BCUT2D eigenvalue weighted by Gasteiger charge is 2.25. The van der Waals surface area contributed by atoms with Crippen LogP contribution in [-0.2, 0) is 0 Å². The summed E-state index contributed by atoms with van der Waals surface area (Å²) in [6.07, 6.45) is 0. The van der Waals surface area contributed by atoms with Crippen LogP contribution in [0.1, 0.15) is 35.9 Å². The fourth-order valence-corrected chi connectivity index (χ4v) is 2.76. The van der Waals surface area contributed by atoms with Gasteiger partial charge in [-0.1, -0.05) is 26.0 Å². The molecule has 0 bridgehead atoms. The second-order valence-electron chi connectivity index (χ2n) is 6.09. The van der Waals surface area contributed by atoms with Crippen LogP contribution in [0, 0.1) is 5.82 Å². The summed E-state index contributed by atoms with van der Waals surface area (Å²) >= 11 is 0. The first-order valence-electron chi connectivity index (χ1n) is 7.90. The summed E-state index contributed by atoms with van der Waals surface area (Å²) in [4.78, 5) is 16.2. The van der Waals surface area contributed by atoms with Gasteiger partial charge in [0.1, 0.15) is 11.5 Å². The second-order valence-corrected chi connectivity index (χ2v) is 6.09. The Morgan fingerprint density at radius 2 is 1.91 bits per heavy atom. The quantitative estimate of drug-likeness (QED) is 0.947. The molecular weight excluding hydrogens is 295 g/mol. The van der Waals surface area contributed by atoms with E-state index in [0.29, 0.717) is 43.5 Å². The summed E-state index contributed by atoms with van der Waals surface area (Å²) in [5.41, 5.74) is 2.01. The smallest absolute Gasteiger partial charge is 0.274 e. The Morgan fingerprint density at radius 1 is 1.22 bits per heavy atom. The van der Waals surface area contributed by atoms with Crippen molar-refractivity contribution in [1.82, 2.24) is 15.1 Å². The minimum atomic E-state index is -0.221. The van der Waals surface area contributed by atoms with Gasteiger partial charge >= 0.3 is 0 Å². The van der Waals surface area contributed by atoms with Gasteiger partial charge in [0.25, 0.3) is 5.91 Å². The fourth-order valence-electron chi connectivity index (χ4n) is 2.76. The van der Waals surface area contributed by atoms with Gasteiger partial charge in [-0.15, -0.1) is 0 Å². The molecule has 0 saturated carbocycles. The van der Waals surface area contributed by atoms with Gasteiger partial charge in [-0.3, -0.25) is 9.89 Å². The number of nitrogens with zero attached hydrogens (tertiary/aromatic N) is 3. The average Bonchev–Trinajstić information content (AvgIpc) is 3.05. The van der Waals surface area contributed by atoms with Crippen molar-refractivity contribution in [3.63, 3.8) is 0 Å². The molecule has 3 rings (SSSR count). The number of benzene rings is 1. The molecule has 1 N–H and O–H groups in total. The highest BCUT2D eigenvalue weighted by molar-refractivity contribution is 5.92. The predicted molar refractivity (Wildman–Crippen MR) is 87.2 cm³/mol. The van der Waals surface area contributed by atoms with Gasteiger partial charge in [0.15, 0.2) is 0 Å². The molecule has 0 atom stereocenters. The zero-order valence-electron chi connectivity index (χ0n) is 13.4. The number of hydrogen-bond donors (Lipinski definition) is 1. The molecular formula is C17H21FN4O. The number of piperazine rings is 1. The highest BCUT2D eigenvalue weighted by atomic mass is 19.1. The zero-order chi connectivity index (χ0) is 16.4. The molecule has 2 aromatic rings. The van der Waals surface area contributed by atoms with Crippen molar-refractivity contribution in [2.75, 3.05) is 31.1 Å². The average molecular weight is 316 g/mol. The Morgan fingerprint density at radius 3 is 2.52 bits per heavy atom. The van der Waals surface area contributed by atoms with E-state index >= 15 is 0 Å². The SMILES string of the molecule is CC(C)c1cc(C(=O)N2CCN(c3ccccc3F)CC2)n[nH]1. The van der Waals surface area contributed by atoms with Crippen LogP contribution >= 0.6 is 0 Å². The van der Waals surface area contributed by atoms with E-state index < -0.39 is 0 Å². The van der Waals surface area contributed by atoms with Crippen LogP contribution in [0.15, 0.2) is 30.3 Å². The Hall–Kier alpha value is -2.37. The number of H-pyrrole nitrogens is 1. The van der Waals surface area contributed by atoms with Crippen LogP contribution in [0.4, 0.5) is 10.1 Å². The number of aromatic amines is 1. The molecule has 6 heteroatoms. The maximum Gasteiger partial charge on any atom is 0.274 e. The zero-order valence-corrected chi connectivity index (χ0v) is 13.4. The largest absolute Gasteiger partial charge is 0.366 e. The molecule has 1 fully saturated rings. The van der Waals surface area contributed by atoms with Crippen molar-refractivity contribution >= 4 is 11.6 Å². The molecule has 1 amide bonds. The first kappa shape index (κ1) is 15.5. The molecule has 122 valence electrons. The van der Waals surface area contributed by atoms with Crippen LogP contribution in [0.2, 0.25) is 0 Å². The van der Waals surface area contributed by atoms with E-state index in [2.05, 4.69) is 24.0 Å². The fraction of sp³-hybridized carbons (Fsp3) is 0.412. The van der Waals surface area contributed by atoms with Crippen LogP contribution in [0.5, 0.6) is 0 Å². The van der Waals surface area contributed by atoms with E-state index in [1.54, 1.807) is 17.0 Å². The van der Waals surface area contributed by atoms with Crippen molar-refractivity contribution in [3.05, 3.63) is 47.5 Å². The highest BCUT2D eigenvalue weighted by Crippen LogP contribution is 2.21. The molecule has 1 aromatic heterocycles. The lowest BCUT2D eigenvalue weighted by Crippen LogP contribution is -2.49. The number of amides is 1. The monoisotopic (exact) mass is 316 g/mol. The van der Waals surface area contributed by atoms with E-state index in [1.165, 1.54) is 6.07 Å². The summed E-state index contributed by atoms with van der Waals surface area (Å²) in [6.45, 7) is 6.47. The summed E-state index contributed by atoms with van der Waals surface area (Å²) in [7, 11) is 0. The van der Waals surface area contributed by atoms with Gasteiger partial charge in [0, 0.05) is 31.9 Å². The Bertz CT molecular complexity index is 689. The predicted octanol–water partition coefficient (Wildman–Crippen LogP) is 2.63. The van der Waals surface area contributed by atoms with Gasteiger partial charge in [-0.25, -0.2) is 4.39 Å². The number of para-hydroxylation sites is 1. The molecule has 0 spiro atoms. The van der Waals surface area contributed by atoms with Crippen molar-refractivity contribution in [1.29, 1.82) is 0 Å². The molecule has 1 aromatic carbocycles. The van der Waals surface area contributed by atoms with Crippen LogP contribution in [0.25, 0.3) is 0 Å². The third-order valence-corrected chi connectivity index (χ3v) is 4.20. The number of anilines is 1. The topological polar surface area (TPSA) is 52.2 Å². The number of hydrogen-bond acceptors (Lipinski definition) is 3. The minimum absolute atomic E-state index is 0.0682. The number of nitrogens with one attached hydrogen (secondary N) is 1. The molecule has 2 heterocycles. The normalized spacial score (nSPS) is 15.3. The molecule has 5 nitrogen and oxygen atoms in total. The maximum absolute atomic E-state index is 13.8. The van der Waals surface area contributed by atoms with Crippen molar-refractivity contribution in [3.8, 4) is 0 Å². The Balaban J connectivity index is 1.64. The second kappa shape index (κ2) is 6.40. The van der Waals surface area contributed by atoms with Crippen molar-refractivity contribution in [2.24, 2.45) is 0 Å². The number of carbonyl (C=O) groups excluding carboxylic acids is 1. The van der Waals surface area contributed by atoms with Gasteiger partial charge < -0.3 is 9.80 Å². The third kappa shape index (κ3) is 3.21. The molecule has 1 saturated heterocycles. The lowest BCUT2D eigenvalue weighted by atomic mass is 10.1. The van der Waals surface area contributed by atoms with E-state index in [4.69, 9.17) is 0 Å². The van der Waals surface area contributed by atoms with E-state index in [9.17, 15) is 9.18 Å².